The van der Waals surface area contributed by atoms with Crippen molar-refractivity contribution in [1.29, 1.82) is 0 Å². The van der Waals surface area contributed by atoms with Crippen molar-refractivity contribution in [1.82, 2.24) is 9.55 Å². The second-order valence-corrected chi connectivity index (χ2v) is 5.92. The number of hydrogen-bond acceptors (Lipinski definition) is 6. The first-order valence-electron chi connectivity index (χ1n) is 5.61. The molecule has 0 aliphatic carbocycles. The Hall–Kier alpha value is -0.870. The molecule has 20 heavy (non-hydrogen) atoms. The van der Waals surface area contributed by atoms with E-state index in [4.69, 9.17) is 26.7 Å². The minimum Gasteiger partial charge on any atom is -0.390 e. The van der Waals surface area contributed by atoms with Crippen LogP contribution in [0.4, 0.5) is 0 Å². The van der Waals surface area contributed by atoms with Gasteiger partial charge in [-0.2, -0.15) is 0 Å². The normalized spacial score (nSPS) is 26.9. The van der Waals surface area contributed by atoms with Gasteiger partial charge in [-0.25, -0.2) is 9.36 Å². The first-order chi connectivity index (χ1) is 9.26. The van der Waals surface area contributed by atoms with Gasteiger partial charge in [-0.05, 0) is 6.07 Å². The van der Waals surface area contributed by atoms with Crippen molar-refractivity contribution in [2.24, 2.45) is 0 Å². The molecule has 0 radical (unpaired) electrons. The molecule has 4 N–H and O–H groups in total. The molecule has 2 heterocycles. The lowest BCUT2D eigenvalue weighted by Gasteiger charge is -2.16. The molecule has 0 saturated carbocycles. The van der Waals surface area contributed by atoms with Gasteiger partial charge in [0.25, 0.3) is 0 Å². The standard InChI is InChI=1S/C9H13N2O7PS/c12-5-3-8(11-2-1-7(20)10-9(11)13)18-6(5)4-17-19(14,15)16/h1-2,5-6,8,12H,3-4H2,(H,10,13,20)(H2,14,15,16)/t5?,6-,8-/m0/s1. The van der Waals surface area contributed by atoms with E-state index < -0.39 is 38.6 Å². The fourth-order valence-electron chi connectivity index (χ4n) is 1.86. The maximum absolute atomic E-state index is 11.7. The first-order valence-corrected chi connectivity index (χ1v) is 7.55. The molecule has 2 rings (SSSR count). The highest BCUT2D eigenvalue weighted by Gasteiger charge is 2.36. The minimum absolute atomic E-state index is 0.0969. The highest BCUT2D eigenvalue weighted by Crippen LogP contribution is 2.38. The van der Waals surface area contributed by atoms with Crippen LogP contribution in [0.1, 0.15) is 12.6 Å². The van der Waals surface area contributed by atoms with Crippen LogP contribution >= 0.6 is 20.0 Å². The molecule has 1 saturated heterocycles. The number of phosphoric ester groups is 1. The van der Waals surface area contributed by atoms with Crippen LogP contribution in [0.25, 0.3) is 0 Å². The monoisotopic (exact) mass is 324 g/mol. The SMILES string of the molecule is O=c1[nH]c(=S)ccn1[C@@H]1CC(O)[C@H](COP(=O)(O)O)O1. The number of rotatable bonds is 4. The summed E-state index contributed by atoms with van der Waals surface area (Å²) in [4.78, 5) is 31.3. The van der Waals surface area contributed by atoms with Gasteiger partial charge in [0.05, 0.1) is 12.7 Å². The Balaban J connectivity index is 2.08. The molecule has 1 aliphatic heterocycles. The summed E-state index contributed by atoms with van der Waals surface area (Å²) in [7, 11) is -4.63. The lowest BCUT2D eigenvalue weighted by Crippen LogP contribution is -2.27. The zero-order valence-electron chi connectivity index (χ0n) is 10.1. The van der Waals surface area contributed by atoms with Crippen molar-refractivity contribution in [3.63, 3.8) is 0 Å². The number of ether oxygens (including phenoxy) is 1. The molecular weight excluding hydrogens is 311 g/mol. The number of H-pyrrole nitrogens is 1. The Morgan fingerprint density at radius 2 is 2.30 bits per heavy atom. The molecule has 0 spiro atoms. The van der Waals surface area contributed by atoms with Gasteiger partial charge in [0.2, 0.25) is 0 Å². The number of aliphatic hydroxyl groups excluding tert-OH is 1. The summed E-state index contributed by atoms with van der Waals surface area (Å²) < 4.78 is 21.7. The molecular formula is C9H13N2O7PS. The van der Waals surface area contributed by atoms with Gasteiger partial charge in [0, 0.05) is 12.6 Å². The third-order valence-electron chi connectivity index (χ3n) is 2.77. The van der Waals surface area contributed by atoms with Crippen molar-refractivity contribution in [2.45, 2.75) is 24.9 Å². The highest BCUT2D eigenvalue weighted by molar-refractivity contribution is 7.71. The van der Waals surface area contributed by atoms with Gasteiger partial charge in [-0.1, -0.05) is 12.2 Å². The average molecular weight is 324 g/mol. The van der Waals surface area contributed by atoms with Gasteiger partial charge >= 0.3 is 13.5 Å². The molecule has 1 aliphatic rings. The molecule has 1 fully saturated rings. The summed E-state index contributed by atoms with van der Waals surface area (Å²) in [6.45, 7) is -0.473. The summed E-state index contributed by atoms with van der Waals surface area (Å²) in [5, 5.41) is 9.76. The lowest BCUT2D eigenvalue weighted by molar-refractivity contribution is -0.0450. The van der Waals surface area contributed by atoms with Crippen LogP contribution in [0.5, 0.6) is 0 Å². The molecule has 11 heteroatoms. The second kappa shape index (κ2) is 5.86. The van der Waals surface area contributed by atoms with Crippen LogP contribution in [-0.2, 0) is 13.8 Å². The minimum atomic E-state index is -4.63. The molecule has 0 aromatic carbocycles. The van der Waals surface area contributed by atoms with Crippen LogP contribution in [0, 0.1) is 4.64 Å². The van der Waals surface area contributed by atoms with Crippen LogP contribution in [0.2, 0.25) is 0 Å². The zero-order valence-corrected chi connectivity index (χ0v) is 11.8. The summed E-state index contributed by atoms with van der Waals surface area (Å²) in [5.41, 5.74) is -0.494. The molecule has 0 amide bonds. The molecule has 1 aromatic heterocycles. The van der Waals surface area contributed by atoms with E-state index >= 15 is 0 Å². The summed E-state index contributed by atoms with van der Waals surface area (Å²) in [6.07, 6.45) is -1.16. The van der Waals surface area contributed by atoms with E-state index in [0.29, 0.717) is 0 Å². The Morgan fingerprint density at radius 3 is 2.90 bits per heavy atom. The summed E-state index contributed by atoms with van der Waals surface area (Å²) in [6, 6.07) is 1.49. The molecule has 1 unspecified atom stereocenters. The Kier molecular flexibility index (Phi) is 4.55. The van der Waals surface area contributed by atoms with Crippen molar-refractivity contribution >= 4 is 20.0 Å². The third kappa shape index (κ3) is 3.83. The number of phosphoric acid groups is 1. The van der Waals surface area contributed by atoms with E-state index in [2.05, 4.69) is 9.51 Å². The first kappa shape index (κ1) is 15.5. The van der Waals surface area contributed by atoms with Crippen LogP contribution in [-0.4, -0.2) is 43.3 Å². The number of nitrogens with one attached hydrogen (secondary N) is 1. The number of hydrogen-bond donors (Lipinski definition) is 4. The smallest absolute Gasteiger partial charge is 0.390 e. The number of aromatic nitrogens is 2. The Morgan fingerprint density at radius 1 is 1.60 bits per heavy atom. The number of nitrogens with zero attached hydrogens (tertiary/aromatic N) is 1. The molecule has 0 bridgehead atoms. The van der Waals surface area contributed by atoms with Crippen LogP contribution in [0.15, 0.2) is 17.1 Å². The maximum Gasteiger partial charge on any atom is 0.469 e. The van der Waals surface area contributed by atoms with E-state index in [1.54, 1.807) is 0 Å². The number of aromatic amines is 1. The molecule has 9 nitrogen and oxygen atoms in total. The molecule has 112 valence electrons. The third-order valence-corrected chi connectivity index (χ3v) is 3.50. The van der Waals surface area contributed by atoms with E-state index in [-0.39, 0.29) is 11.1 Å². The van der Waals surface area contributed by atoms with Crippen molar-refractivity contribution in [2.75, 3.05) is 6.61 Å². The van der Waals surface area contributed by atoms with Gasteiger partial charge in [-0.3, -0.25) is 14.1 Å². The largest absolute Gasteiger partial charge is 0.469 e. The summed E-state index contributed by atoms with van der Waals surface area (Å²) in [5.74, 6) is 0. The van der Waals surface area contributed by atoms with Crippen LogP contribution < -0.4 is 5.69 Å². The highest BCUT2D eigenvalue weighted by atomic mass is 32.1. The topological polar surface area (TPSA) is 134 Å². The number of aliphatic hydroxyl groups is 1. The van der Waals surface area contributed by atoms with E-state index in [0.717, 1.165) is 0 Å². The predicted octanol–water partition coefficient (Wildman–Crippen LogP) is -0.336. The Labute approximate surface area is 118 Å². The van der Waals surface area contributed by atoms with E-state index in [9.17, 15) is 14.5 Å². The van der Waals surface area contributed by atoms with Gasteiger partial charge in [0.15, 0.2) is 0 Å². The van der Waals surface area contributed by atoms with Gasteiger partial charge in [-0.15, -0.1) is 0 Å². The molecule has 3 atom stereocenters. The van der Waals surface area contributed by atoms with E-state index in [1.807, 2.05) is 0 Å². The Bertz CT molecular complexity index is 638. The van der Waals surface area contributed by atoms with Crippen molar-refractivity contribution < 1.29 is 28.7 Å². The lowest BCUT2D eigenvalue weighted by atomic mass is 10.2. The molecule has 1 aromatic rings. The van der Waals surface area contributed by atoms with Gasteiger partial charge < -0.3 is 19.6 Å². The van der Waals surface area contributed by atoms with Gasteiger partial charge in [0.1, 0.15) is 17.0 Å². The van der Waals surface area contributed by atoms with E-state index in [1.165, 1.54) is 16.8 Å². The average Bonchev–Trinajstić information content (AvgIpc) is 2.67. The van der Waals surface area contributed by atoms with Crippen molar-refractivity contribution in [3.05, 3.63) is 27.4 Å². The summed E-state index contributed by atoms with van der Waals surface area (Å²) >= 11 is 4.80. The van der Waals surface area contributed by atoms with Crippen molar-refractivity contribution in [3.8, 4) is 0 Å². The van der Waals surface area contributed by atoms with Crippen LogP contribution in [0.3, 0.4) is 0 Å². The zero-order chi connectivity index (χ0) is 14.9. The fourth-order valence-corrected chi connectivity index (χ4v) is 2.35. The fraction of sp³-hybridized carbons (Fsp3) is 0.556. The second-order valence-electron chi connectivity index (χ2n) is 4.24. The maximum atomic E-state index is 11.7. The predicted molar refractivity (Wildman–Crippen MR) is 68.4 cm³/mol. The quantitative estimate of drug-likeness (QED) is 0.437.